The van der Waals surface area contributed by atoms with E-state index >= 15 is 0 Å². The van der Waals surface area contributed by atoms with E-state index in [9.17, 15) is 0 Å². The summed E-state index contributed by atoms with van der Waals surface area (Å²) in [6, 6.07) is 8.54. The minimum Gasteiger partial charge on any atom is -0.497 e. The molecule has 22 heavy (non-hydrogen) atoms. The minimum absolute atomic E-state index is 0.289. The Bertz CT molecular complexity index is 563. The number of nitrogens with zero attached hydrogens (tertiary/aromatic N) is 2. The van der Waals surface area contributed by atoms with Crippen molar-refractivity contribution in [2.24, 2.45) is 0 Å². The molecular weight excluding hydrogens is 312 g/mol. The van der Waals surface area contributed by atoms with Crippen LogP contribution in [0.2, 0.25) is 0 Å². The average Bonchev–Trinajstić information content (AvgIpc) is 3.08. The number of hydrogen-bond donors (Lipinski definition) is 0. The Morgan fingerprint density at radius 3 is 2.64 bits per heavy atom. The highest BCUT2D eigenvalue weighted by atomic mass is 32.2. The van der Waals surface area contributed by atoms with Gasteiger partial charge in [0.1, 0.15) is 5.75 Å². The molecular formula is C17H22N2OS2. The van der Waals surface area contributed by atoms with Crippen molar-refractivity contribution in [2.45, 2.75) is 29.9 Å². The van der Waals surface area contributed by atoms with Gasteiger partial charge in [0.05, 0.1) is 17.5 Å². The molecule has 1 fully saturated rings. The molecule has 2 heterocycles. The third kappa shape index (κ3) is 4.02. The Balaban J connectivity index is 1.70. The number of hydrogen-bond acceptors (Lipinski definition) is 4. The van der Waals surface area contributed by atoms with Crippen LogP contribution >= 0.6 is 23.5 Å². The van der Waals surface area contributed by atoms with Crippen molar-refractivity contribution in [2.75, 3.05) is 18.6 Å². The monoisotopic (exact) mass is 334 g/mol. The van der Waals surface area contributed by atoms with Crippen LogP contribution in [0.5, 0.6) is 5.75 Å². The van der Waals surface area contributed by atoms with Crippen LogP contribution in [-0.2, 0) is 13.0 Å². The molecule has 3 rings (SSSR count). The molecule has 0 unspecified atom stereocenters. The molecule has 0 spiro atoms. The number of thioether (sulfide) groups is 2. The number of rotatable bonds is 6. The summed E-state index contributed by atoms with van der Waals surface area (Å²) < 4.78 is 7.73. The molecule has 0 saturated carbocycles. The van der Waals surface area contributed by atoms with Gasteiger partial charge < -0.3 is 9.30 Å². The summed E-state index contributed by atoms with van der Waals surface area (Å²) in [5.74, 6) is 3.47. The van der Waals surface area contributed by atoms with E-state index in [1.165, 1.54) is 29.9 Å². The maximum absolute atomic E-state index is 5.26. The van der Waals surface area contributed by atoms with Gasteiger partial charge in [-0.25, -0.2) is 4.98 Å². The maximum atomic E-state index is 5.26. The Labute approximate surface area is 140 Å². The SMILES string of the molecule is COc1ccc(CC2(CCn3ccnc3)SCCCS2)cc1. The molecule has 1 aliphatic rings. The fraction of sp³-hybridized carbons (Fsp3) is 0.471. The number of aryl methyl sites for hydroxylation is 1. The standard InChI is InChI=1S/C17H22N2OS2/c1-20-16-5-3-15(4-6-16)13-17(21-11-2-12-22-17)7-9-19-10-8-18-14-19/h3-6,8,10,14H,2,7,9,11-13H2,1H3. The van der Waals surface area contributed by atoms with E-state index in [0.29, 0.717) is 0 Å². The van der Waals surface area contributed by atoms with Gasteiger partial charge in [-0.05, 0) is 48.5 Å². The van der Waals surface area contributed by atoms with Gasteiger partial charge in [-0.2, -0.15) is 0 Å². The average molecular weight is 335 g/mol. The van der Waals surface area contributed by atoms with E-state index in [1.54, 1.807) is 7.11 Å². The molecule has 1 saturated heterocycles. The summed E-state index contributed by atoms with van der Waals surface area (Å²) >= 11 is 4.27. The Morgan fingerprint density at radius 2 is 2.00 bits per heavy atom. The van der Waals surface area contributed by atoms with Gasteiger partial charge >= 0.3 is 0 Å². The summed E-state index contributed by atoms with van der Waals surface area (Å²) in [4.78, 5) is 4.15. The predicted molar refractivity (Wildman–Crippen MR) is 95.8 cm³/mol. The second-order valence-electron chi connectivity index (χ2n) is 5.54. The van der Waals surface area contributed by atoms with Crippen molar-refractivity contribution in [1.29, 1.82) is 0 Å². The molecule has 0 N–H and O–H groups in total. The molecule has 118 valence electrons. The van der Waals surface area contributed by atoms with Crippen LogP contribution in [0, 0.1) is 0 Å². The zero-order valence-corrected chi connectivity index (χ0v) is 14.5. The smallest absolute Gasteiger partial charge is 0.118 e. The first-order valence-electron chi connectivity index (χ1n) is 7.66. The Hall–Kier alpha value is -1.07. The van der Waals surface area contributed by atoms with E-state index in [1.807, 2.05) is 12.5 Å². The van der Waals surface area contributed by atoms with Gasteiger partial charge in [-0.15, -0.1) is 23.5 Å². The van der Waals surface area contributed by atoms with Crippen LogP contribution in [0.3, 0.4) is 0 Å². The van der Waals surface area contributed by atoms with Crippen LogP contribution in [-0.4, -0.2) is 32.2 Å². The molecule has 3 nitrogen and oxygen atoms in total. The molecule has 0 amide bonds. The predicted octanol–water partition coefficient (Wildman–Crippen LogP) is 4.09. The van der Waals surface area contributed by atoms with Gasteiger partial charge in [-0.1, -0.05) is 12.1 Å². The number of imidazole rings is 1. The second kappa shape index (κ2) is 7.47. The summed E-state index contributed by atoms with van der Waals surface area (Å²) in [6.07, 6.45) is 9.44. The summed E-state index contributed by atoms with van der Waals surface area (Å²) in [6.45, 7) is 1.04. The molecule has 0 aliphatic carbocycles. The quantitative estimate of drug-likeness (QED) is 0.795. The first-order valence-corrected chi connectivity index (χ1v) is 9.63. The second-order valence-corrected chi connectivity index (χ2v) is 8.75. The normalized spacial score (nSPS) is 17.3. The summed E-state index contributed by atoms with van der Waals surface area (Å²) in [5, 5.41) is 0. The van der Waals surface area contributed by atoms with Crippen molar-refractivity contribution >= 4 is 23.5 Å². The minimum atomic E-state index is 0.289. The lowest BCUT2D eigenvalue weighted by molar-refractivity contribution is 0.414. The number of ether oxygens (including phenoxy) is 1. The van der Waals surface area contributed by atoms with Crippen molar-refractivity contribution in [3.63, 3.8) is 0 Å². The van der Waals surface area contributed by atoms with Gasteiger partial charge in [0.15, 0.2) is 0 Å². The largest absolute Gasteiger partial charge is 0.497 e. The lowest BCUT2D eigenvalue weighted by Gasteiger charge is -2.36. The van der Waals surface area contributed by atoms with Crippen LogP contribution in [0.25, 0.3) is 0 Å². The summed E-state index contributed by atoms with van der Waals surface area (Å²) in [7, 11) is 1.72. The van der Waals surface area contributed by atoms with Crippen molar-refractivity contribution < 1.29 is 4.74 Å². The highest BCUT2D eigenvalue weighted by molar-refractivity contribution is 8.18. The van der Waals surface area contributed by atoms with Crippen LogP contribution in [0.15, 0.2) is 43.0 Å². The van der Waals surface area contributed by atoms with Crippen LogP contribution < -0.4 is 4.74 Å². The molecule has 0 bridgehead atoms. The Kier molecular flexibility index (Phi) is 5.37. The number of methoxy groups -OCH3 is 1. The van der Waals surface area contributed by atoms with Crippen molar-refractivity contribution in [1.82, 2.24) is 9.55 Å². The molecule has 5 heteroatoms. The van der Waals surface area contributed by atoms with Crippen molar-refractivity contribution in [3.8, 4) is 5.75 Å². The highest BCUT2D eigenvalue weighted by Crippen LogP contribution is 2.47. The third-order valence-corrected chi connectivity index (χ3v) is 7.40. The zero-order chi connectivity index (χ0) is 15.3. The lowest BCUT2D eigenvalue weighted by atomic mass is 10.1. The molecule has 1 aromatic heterocycles. The van der Waals surface area contributed by atoms with E-state index in [4.69, 9.17) is 4.74 Å². The highest BCUT2D eigenvalue weighted by Gasteiger charge is 2.33. The molecule has 1 aliphatic heterocycles. The Morgan fingerprint density at radius 1 is 1.23 bits per heavy atom. The number of aromatic nitrogens is 2. The first kappa shape index (κ1) is 15.8. The van der Waals surface area contributed by atoms with Gasteiger partial charge in [-0.3, -0.25) is 0 Å². The molecule has 0 atom stereocenters. The molecule has 2 aromatic rings. The zero-order valence-electron chi connectivity index (χ0n) is 12.9. The van der Waals surface area contributed by atoms with Gasteiger partial charge in [0.25, 0.3) is 0 Å². The fourth-order valence-electron chi connectivity index (χ4n) is 2.72. The number of benzene rings is 1. The summed E-state index contributed by atoms with van der Waals surface area (Å²) in [5.41, 5.74) is 1.40. The van der Waals surface area contributed by atoms with E-state index < -0.39 is 0 Å². The van der Waals surface area contributed by atoms with E-state index in [2.05, 4.69) is 63.5 Å². The van der Waals surface area contributed by atoms with Crippen molar-refractivity contribution in [3.05, 3.63) is 48.5 Å². The van der Waals surface area contributed by atoms with E-state index in [-0.39, 0.29) is 4.08 Å². The fourth-order valence-corrected chi connectivity index (χ4v) is 6.07. The third-order valence-electron chi connectivity index (χ3n) is 3.96. The molecule has 1 aromatic carbocycles. The lowest BCUT2D eigenvalue weighted by Crippen LogP contribution is -2.29. The van der Waals surface area contributed by atoms with Crippen LogP contribution in [0.4, 0.5) is 0 Å². The maximum Gasteiger partial charge on any atom is 0.118 e. The van der Waals surface area contributed by atoms with Crippen LogP contribution in [0.1, 0.15) is 18.4 Å². The molecule has 0 radical (unpaired) electrons. The van der Waals surface area contributed by atoms with Gasteiger partial charge in [0, 0.05) is 18.9 Å². The van der Waals surface area contributed by atoms with E-state index in [0.717, 1.165) is 18.7 Å². The first-order chi connectivity index (χ1) is 10.8. The van der Waals surface area contributed by atoms with Gasteiger partial charge in [0.2, 0.25) is 0 Å². The topological polar surface area (TPSA) is 27.1 Å².